The van der Waals surface area contributed by atoms with Crippen LogP contribution in [-0.4, -0.2) is 13.4 Å². The van der Waals surface area contributed by atoms with Crippen molar-refractivity contribution in [3.05, 3.63) is 53.9 Å². The van der Waals surface area contributed by atoms with Crippen LogP contribution in [0.2, 0.25) is 0 Å². The second-order valence-corrected chi connectivity index (χ2v) is 6.06. The summed E-state index contributed by atoms with van der Waals surface area (Å²) >= 11 is 0. The SMILES string of the molecule is CCc1cccnc1CNS(=O)(=O)c1ccccc1N. The first-order valence-corrected chi connectivity index (χ1v) is 7.80. The molecular formula is C14H17N3O2S. The van der Waals surface area contributed by atoms with Crippen molar-refractivity contribution in [2.75, 3.05) is 5.73 Å². The number of nitrogens with one attached hydrogen (secondary N) is 1. The smallest absolute Gasteiger partial charge is 0.242 e. The van der Waals surface area contributed by atoms with Crippen molar-refractivity contribution >= 4 is 15.7 Å². The maximum absolute atomic E-state index is 12.2. The van der Waals surface area contributed by atoms with Crippen LogP contribution >= 0.6 is 0 Å². The quantitative estimate of drug-likeness (QED) is 0.821. The van der Waals surface area contributed by atoms with Crippen LogP contribution in [0, 0.1) is 0 Å². The Labute approximate surface area is 118 Å². The summed E-state index contributed by atoms with van der Waals surface area (Å²) in [6.07, 6.45) is 2.46. The number of aryl methyl sites for hydroxylation is 1. The van der Waals surface area contributed by atoms with Gasteiger partial charge in [-0.3, -0.25) is 4.98 Å². The van der Waals surface area contributed by atoms with Gasteiger partial charge in [-0.2, -0.15) is 0 Å². The van der Waals surface area contributed by atoms with Crippen LogP contribution < -0.4 is 10.5 Å². The average molecular weight is 291 g/mol. The van der Waals surface area contributed by atoms with E-state index in [-0.39, 0.29) is 17.1 Å². The molecule has 5 nitrogen and oxygen atoms in total. The molecule has 0 radical (unpaired) electrons. The molecule has 2 aromatic rings. The number of aromatic nitrogens is 1. The minimum absolute atomic E-state index is 0.0916. The first-order valence-electron chi connectivity index (χ1n) is 6.31. The maximum Gasteiger partial charge on any atom is 0.242 e. The summed E-state index contributed by atoms with van der Waals surface area (Å²) in [7, 11) is -3.63. The zero-order chi connectivity index (χ0) is 14.6. The van der Waals surface area contributed by atoms with Crippen molar-refractivity contribution in [3.8, 4) is 0 Å². The molecule has 1 heterocycles. The number of para-hydroxylation sites is 1. The summed E-state index contributed by atoms with van der Waals surface area (Å²) < 4.78 is 27.0. The third-order valence-electron chi connectivity index (χ3n) is 3.00. The van der Waals surface area contributed by atoms with E-state index in [1.807, 2.05) is 19.1 Å². The molecule has 3 N–H and O–H groups in total. The highest BCUT2D eigenvalue weighted by molar-refractivity contribution is 7.89. The van der Waals surface area contributed by atoms with Gasteiger partial charge in [0.1, 0.15) is 4.90 Å². The van der Waals surface area contributed by atoms with E-state index in [1.165, 1.54) is 6.07 Å². The van der Waals surface area contributed by atoms with E-state index in [2.05, 4.69) is 9.71 Å². The number of nitrogen functional groups attached to an aromatic ring is 1. The molecule has 0 unspecified atom stereocenters. The standard InChI is InChI=1S/C14H17N3O2S/c1-2-11-6-5-9-16-13(11)10-17-20(18,19)14-8-4-3-7-12(14)15/h3-9,17H,2,10,15H2,1H3. The molecule has 106 valence electrons. The van der Waals surface area contributed by atoms with Crippen LogP contribution in [0.4, 0.5) is 5.69 Å². The van der Waals surface area contributed by atoms with Gasteiger partial charge < -0.3 is 5.73 Å². The third-order valence-corrected chi connectivity index (χ3v) is 4.48. The van der Waals surface area contributed by atoms with E-state index < -0.39 is 10.0 Å². The number of rotatable bonds is 5. The molecule has 0 saturated carbocycles. The number of nitrogens with zero attached hydrogens (tertiary/aromatic N) is 1. The highest BCUT2D eigenvalue weighted by Gasteiger charge is 2.17. The molecular weight excluding hydrogens is 274 g/mol. The van der Waals surface area contributed by atoms with Gasteiger partial charge in [-0.15, -0.1) is 0 Å². The van der Waals surface area contributed by atoms with Gasteiger partial charge in [-0.25, -0.2) is 13.1 Å². The van der Waals surface area contributed by atoms with Gasteiger partial charge in [0.2, 0.25) is 10.0 Å². The molecule has 0 fully saturated rings. The van der Waals surface area contributed by atoms with Crippen molar-refractivity contribution in [1.82, 2.24) is 9.71 Å². The molecule has 0 aliphatic rings. The van der Waals surface area contributed by atoms with E-state index in [0.29, 0.717) is 0 Å². The predicted molar refractivity (Wildman–Crippen MR) is 78.5 cm³/mol. The monoisotopic (exact) mass is 291 g/mol. The van der Waals surface area contributed by atoms with Gasteiger partial charge in [0.15, 0.2) is 0 Å². The van der Waals surface area contributed by atoms with Crippen LogP contribution in [0.1, 0.15) is 18.2 Å². The zero-order valence-electron chi connectivity index (χ0n) is 11.2. The van der Waals surface area contributed by atoms with E-state index in [1.54, 1.807) is 24.4 Å². The van der Waals surface area contributed by atoms with Crippen LogP contribution in [0.3, 0.4) is 0 Å². The lowest BCUT2D eigenvalue weighted by molar-refractivity contribution is 0.580. The number of pyridine rings is 1. The topological polar surface area (TPSA) is 85.1 Å². The third kappa shape index (κ3) is 3.15. The molecule has 0 spiro atoms. The first kappa shape index (κ1) is 14.5. The summed E-state index contributed by atoms with van der Waals surface area (Å²) in [4.78, 5) is 4.30. The van der Waals surface area contributed by atoms with Gasteiger partial charge in [0.25, 0.3) is 0 Å². The lowest BCUT2D eigenvalue weighted by atomic mass is 10.1. The highest BCUT2D eigenvalue weighted by atomic mass is 32.2. The first-order chi connectivity index (χ1) is 9.54. The van der Waals surface area contributed by atoms with Crippen molar-refractivity contribution in [1.29, 1.82) is 0 Å². The lowest BCUT2D eigenvalue weighted by Crippen LogP contribution is -2.25. The molecule has 0 saturated heterocycles. The van der Waals surface area contributed by atoms with Crippen LogP contribution in [0.15, 0.2) is 47.5 Å². The minimum Gasteiger partial charge on any atom is -0.398 e. The summed E-state index contributed by atoms with van der Waals surface area (Å²) in [5, 5.41) is 0. The predicted octanol–water partition coefficient (Wildman–Crippen LogP) is 1.70. The van der Waals surface area contributed by atoms with E-state index >= 15 is 0 Å². The van der Waals surface area contributed by atoms with Crippen LogP contribution in [0.5, 0.6) is 0 Å². The van der Waals surface area contributed by atoms with Crippen molar-refractivity contribution in [2.24, 2.45) is 0 Å². The maximum atomic E-state index is 12.2. The number of anilines is 1. The number of hydrogen-bond acceptors (Lipinski definition) is 4. The number of nitrogens with two attached hydrogens (primary N) is 1. The Hall–Kier alpha value is -1.92. The lowest BCUT2D eigenvalue weighted by Gasteiger charge is -2.10. The average Bonchev–Trinajstić information content (AvgIpc) is 2.46. The van der Waals surface area contributed by atoms with E-state index in [0.717, 1.165) is 17.7 Å². The molecule has 1 aromatic heterocycles. The summed E-state index contributed by atoms with van der Waals surface area (Å²) in [6.45, 7) is 2.16. The Morgan fingerprint density at radius 2 is 1.95 bits per heavy atom. The number of benzene rings is 1. The summed E-state index contributed by atoms with van der Waals surface area (Å²) in [6, 6.07) is 10.2. The Bertz CT molecular complexity index is 699. The number of sulfonamides is 1. The Kier molecular flexibility index (Phi) is 4.36. The Balaban J connectivity index is 2.20. The molecule has 6 heteroatoms. The molecule has 0 aliphatic heterocycles. The molecule has 0 bridgehead atoms. The fourth-order valence-corrected chi connectivity index (χ4v) is 3.04. The Morgan fingerprint density at radius 3 is 2.65 bits per heavy atom. The van der Waals surface area contributed by atoms with Crippen molar-refractivity contribution in [2.45, 2.75) is 24.8 Å². The van der Waals surface area contributed by atoms with Crippen molar-refractivity contribution in [3.63, 3.8) is 0 Å². The molecule has 0 aliphatic carbocycles. The van der Waals surface area contributed by atoms with Crippen LogP contribution in [0.25, 0.3) is 0 Å². The highest BCUT2D eigenvalue weighted by Crippen LogP contribution is 2.17. The van der Waals surface area contributed by atoms with E-state index in [4.69, 9.17) is 5.73 Å². The molecule has 0 atom stereocenters. The van der Waals surface area contributed by atoms with E-state index in [9.17, 15) is 8.42 Å². The second-order valence-electron chi connectivity index (χ2n) is 4.33. The minimum atomic E-state index is -3.63. The largest absolute Gasteiger partial charge is 0.398 e. The summed E-state index contributed by atoms with van der Waals surface area (Å²) in [5.41, 5.74) is 7.68. The second kappa shape index (κ2) is 6.02. The van der Waals surface area contributed by atoms with Gasteiger partial charge in [0.05, 0.1) is 17.9 Å². The summed E-state index contributed by atoms with van der Waals surface area (Å²) in [5.74, 6) is 0. The van der Waals surface area contributed by atoms with Crippen molar-refractivity contribution < 1.29 is 8.42 Å². The fraction of sp³-hybridized carbons (Fsp3) is 0.214. The molecule has 1 aromatic carbocycles. The van der Waals surface area contributed by atoms with Crippen LogP contribution in [-0.2, 0) is 23.0 Å². The molecule has 20 heavy (non-hydrogen) atoms. The molecule has 0 amide bonds. The van der Waals surface area contributed by atoms with Gasteiger partial charge in [0, 0.05) is 6.20 Å². The van der Waals surface area contributed by atoms with Gasteiger partial charge in [-0.1, -0.05) is 25.1 Å². The molecule has 2 rings (SSSR count). The van der Waals surface area contributed by atoms with Gasteiger partial charge in [-0.05, 0) is 30.2 Å². The normalized spacial score (nSPS) is 11.4. The fourth-order valence-electron chi connectivity index (χ4n) is 1.92. The van der Waals surface area contributed by atoms with Gasteiger partial charge >= 0.3 is 0 Å². The number of hydrogen-bond donors (Lipinski definition) is 2. The Morgan fingerprint density at radius 1 is 1.20 bits per heavy atom. The zero-order valence-corrected chi connectivity index (χ0v) is 12.0.